The van der Waals surface area contributed by atoms with Crippen molar-refractivity contribution in [3.05, 3.63) is 29.3 Å². The number of phenolic OH excluding ortho intramolecular Hbond substituents is 1. The quantitative estimate of drug-likeness (QED) is 0.734. The highest BCUT2D eigenvalue weighted by Gasteiger charge is 2.15. The standard InChI is InChI=1S/C13H21NO2/c1-13(2,3)7-9-4-5-11(15)10(6-9)12(16)8-14/h4-6,12,15-16H,7-8,14H2,1-3H3. The molecule has 16 heavy (non-hydrogen) atoms. The van der Waals surface area contributed by atoms with Crippen LogP contribution in [0, 0.1) is 5.41 Å². The molecule has 0 fully saturated rings. The van der Waals surface area contributed by atoms with Crippen LogP contribution in [-0.2, 0) is 6.42 Å². The molecule has 0 spiro atoms. The summed E-state index contributed by atoms with van der Waals surface area (Å²) in [5.41, 5.74) is 7.19. The molecule has 0 heterocycles. The van der Waals surface area contributed by atoms with Crippen molar-refractivity contribution in [1.29, 1.82) is 0 Å². The SMILES string of the molecule is CC(C)(C)Cc1ccc(O)c(C(O)CN)c1. The Morgan fingerprint density at radius 1 is 1.31 bits per heavy atom. The highest BCUT2D eigenvalue weighted by molar-refractivity contribution is 5.38. The third-order valence-electron chi connectivity index (χ3n) is 2.41. The average molecular weight is 223 g/mol. The van der Waals surface area contributed by atoms with Gasteiger partial charge < -0.3 is 15.9 Å². The second kappa shape index (κ2) is 4.85. The van der Waals surface area contributed by atoms with Gasteiger partial charge in [-0.2, -0.15) is 0 Å². The third-order valence-corrected chi connectivity index (χ3v) is 2.41. The van der Waals surface area contributed by atoms with Gasteiger partial charge in [-0.25, -0.2) is 0 Å². The molecular formula is C13H21NO2. The van der Waals surface area contributed by atoms with E-state index in [-0.39, 0.29) is 17.7 Å². The van der Waals surface area contributed by atoms with Crippen LogP contribution in [-0.4, -0.2) is 16.8 Å². The van der Waals surface area contributed by atoms with Crippen molar-refractivity contribution in [2.24, 2.45) is 11.1 Å². The van der Waals surface area contributed by atoms with Gasteiger partial charge in [-0.1, -0.05) is 26.8 Å². The summed E-state index contributed by atoms with van der Waals surface area (Å²) < 4.78 is 0. The molecule has 3 heteroatoms. The maximum Gasteiger partial charge on any atom is 0.121 e. The van der Waals surface area contributed by atoms with Crippen molar-refractivity contribution in [3.8, 4) is 5.75 Å². The minimum atomic E-state index is -0.792. The molecule has 0 saturated heterocycles. The van der Waals surface area contributed by atoms with Crippen LogP contribution >= 0.6 is 0 Å². The van der Waals surface area contributed by atoms with Crippen LogP contribution < -0.4 is 5.73 Å². The fourth-order valence-electron chi connectivity index (χ4n) is 1.72. The maximum atomic E-state index is 9.65. The normalized spacial score (nSPS) is 13.8. The minimum Gasteiger partial charge on any atom is -0.508 e. The van der Waals surface area contributed by atoms with E-state index in [1.54, 1.807) is 6.07 Å². The highest BCUT2D eigenvalue weighted by atomic mass is 16.3. The van der Waals surface area contributed by atoms with E-state index in [4.69, 9.17) is 5.73 Å². The van der Waals surface area contributed by atoms with Gasteiger partial charge in [0, 0.05) is 12.1 Å². The molecule has 3 nitrogen and oxygen atoms in total. The third kappa shape index (κ3) is 3.51. The van der Waals surface area contributed by atoms with Crippen molar-refractivity contribution >= 4 is 0 Å². The number of rotatable bonds is 3. The Hall–Kier alpha value is -1.06. The number of benzene rings is 1. The lowest BCUT2D eigenvalue weighted by Gasteiger charge is -2.19. The summed E-state index contributed by atoms with van der Waals surface area (Å²) in [4.78, 5) is 0. The Balaban J connectivity index is 2.98. The van der Waals surface area contributed by atoms with Crippen molar-refractivity contribution in [3.63, 3.8) is 0 Å². The van der Waals surface area contributed by atoms with Crippen molar-refractivity contribution < 1.29 is 10.2 Å². The van der Waals surface area contributed by atoms with Gasteiger partial charge in [0.05, 0.1) is 6.10 Å². The molecule has 1 atom stereocenters. The van der Waals surface area contributed by atoms with Crippen molar-refractivity contribution in [2.75, 3.05) is 6.54 Å². The molecule has 0 saturated carbocycles. The number of hydrogen-bond donors (Lipinski definition) is 3. The minimum absolute atomic E-state index is 0.107. The van der Waals surface area contributed by atoms with Crippen LogP contribution in [0.2, 0.25) is 0 Å². The predicted molar refractivity (Wildman–Crippen MR) is 65.3 cm³/mol. The molecular weight excluding hydrogens is 202 g/mol. The lowest BCUT2D eigenvalue weighted by atomic mass is 9.87. The van der Waals surface area contributed by atoms with Gasteiger partial charge in [0.2, 0.25) is 0 Å². The first-order valence-corrected chi connectivity index (χ1v) is 5.53. The monoisotopic (exact) mass is 223 g/mol. The first-order valence-electron chi connectivity index (χ1n) is 5.53. The second-order valence-corrected chi connectivity index (χ2v) is 5.38. The number of aromatic hydroxyl groups is 1. The average Bonchev–Trinajstić information content (AvgIpc) is 2.18. The van der Waals surface area contributed by atoms with Crippen molar-refractivity contribution in [1.82, 2.24) is 0 Å². The van der Waals surface area contributed by atoms with E-state index < -0.39 is 6.10 Å². The number of nitrogens with two attached hydrogens (primary N) is 1. The van der Waals surface area contributed by atoms with Crippen molar-refractivity contribution in [2.45, 2.75) is 33.3 Å². The Labute approximate surface area is 96.9 Å². The van der Waals surface area contributed by atoms with Gasteiger partial charge in [-0.05, 0) is 29.5 Å². The van der Waals surface area contributed by atoms with E-state index in [0.29, 0.717) is 5.56 Å². The molecule has 1 aromatic carbocycles. The number of hydrogen-bond acceptors (Lipinski definition) is 3. The fourth-order valence-corrected chi connectivity index (χ4v) is 1.72. The van der Waals surface area contributed by atoms with Gasteiger partial charge in [0.1, 0.15) is 5.75 Å². The van der Waals surface area contributed by atoms with Gasteiger partial charge in [-0.3, -0.25) is 0 Å². The Morgan fingerprint density at radius 3 is 2.44 bits per heavy atom. The molecule has 1 aromatic rings. The first-order chi connectivity index (χ1) is 7.33. The highest BCUT2D eigenvalue weighted by Crippen LogP contribution is 2.28. The molecule has 90 valence electrons. The Kier molecular flexibility index (Phi) is 3.94. The van der Waals surface area contributed by atoms with Crippen LogP contribution in [0.4, 0.5) is 0 Å². The smallest absolute Gasteiger partial charge is 0.121 e. The van der Waals surface area contributed by atoms with E-state index in [1.165, 1.54) is 0 Å². The zero-order chi connectivity index (χ0) is 12.3. The summed E-state index contributed by atoms with van der Waals surface area (Å²) in [7, 11) is 0. The molecule has 0 aliphatic heterocycles. The van der Waals surface area contributed by atoms with E-state index in [9.17, 15) is 10.2 Å². The van der Waals surface area contributed by atoms with E-state index in [1.807, 2.05) is 12.1 Å². The predicted octanol–water partition coefficient (Wildman–Crippen LogP) is 1.97. The molecule has 0 aliphatic carbocycles. The molecule has 0 radical (unpaired) electrons. The lowest BCUT2D eigenvalue weighted by molar-refractivity contribution is 0.182. The zero-order valence-corrected chi connectivity index (χ0v) is 10.2. The largest absolute Gasteiger partial charge is 0.508 e. The molecule has 1 rings (SSSR count). The summed E-state index contributed by atoms with van der Waals surface area (Å²) in [5.74, 6) is 0.107. The summed E-state index contributed by atoms with van der Waals surface area (Å²) in [5, 5.41) is 19.3. The van der Waals surface area contributed by atoms with Crippen LogP contribution in [0.5, 0.6) is 5.75 Å². The summed E-state index contributed by atoms with van der Waals surface area (Å²) in [6, 6.07) is 5.33. The number of aliphatic hydroxyl groups excluding tert-OH is 1. The zero-order valence-electron chi connectivity index (χ0n) is 10.2. The van der Waals surface area contributed by atoms with Gasteiger partial charge in [-0.15, -0.1) is 0 Å². The summed E-state index contributed by atoms with van der Waals surface area (Å²) in [6.45, 7) is 6.57. The van der Waals surface area contributed by atoms with Gasteiger partial charge in [0.15, 0.2) is 0 Å². The lowest BCUT2D eigenvalue weighted by Crippen LogP contribution is -2.13. The van der Waals surface area contributed by atoms with Crippen LogP contribution in [0.15, 0.2) is 18.2 Å². The van der Waals surface area contributed by atoms with Crippen LogP contribution in [0.1, 0.15) is 38.0 Å². The second-order valence-electron chi connectivity index (χ2n) is 5.38. The van der Waals surface area contributed by atoms with Crippen LogP contribution in [0.3, 0.4) is 0 Å². The number of aliphatic hydroxyl groups is 1. The molecule has 0 aromatic heterocycles. The molecule has 0 aliphatic rings. The van der Waals surface area contributed by atoms with E-state index >= 15 is 0 Å². The Morgan fingerprint density at radius 2 is 1.94 bits per heavy atom. The van der Waals surface area contributed by atoms with E-state index in [0.717, 1.165) is 12.0 Å². The molecule has 0 amide bonds. The van der Waals surface area contributed by atoms with Gasteiger partial charge >= 0.3 is 0 Å². The molecule has 4 N–H and O–H groups in total. The van der Waals surface area contributed by atoms with E-state index in [2.05, 4.69) is 20.8 Å². The summed E-state index contributed by atoms with van der Waals surface area (Å²) >= 11 is 0. The Bertz CT molecular complexity index is 355. The van der Waals surface area contributed by atoms with Gasteiger partial charge in [0.25, 0.3) is 0 Å². The molecule has 1 unspecified atom stereocenters. The number of phenols is 1. The fraction of sp³-hybridized carbons (Fsp3) is 0.538. The topological polar surface area (TPSA) is 66.5 Å². The summed E-state index contributed by atoms with van der Waals surface area (Å²) in [6.07, 6.45) is 0.109. The van der Waals surface area contributed by atoms with Crippen LogP contribution in [0.25, 0.3) is 0 Å². The maximum absolute atomic E-state index is 9.65. The first kappa shape index (κ1) is 13.0. The molecule has 0 bridgehead atoms.